The maximum atomic E-state index is 13.4. The van der Waals surface area contributed by atoms with Crippen molar-refractivity contribution in [3.8, 4) is 11.5 Å². The first kappa shape index (κ1) is 24.3. The molecule has 0 radical (unpaired) electrons. The predicted molar refractivity (Wildman–Crippen MR) is 120 cm³/mol. The number of aromatic nitrogens is 2. The summed E-state index contributed by atoms with van der Waals surface area (Å²) in [4.78, 5) is 37.1. The van der Waals surface area contributed by atoms with Gasteiger partial charge in [0.25, 0.3) is 5.56 Å². The number of aryl methyl sites for hydroxylation is 1. The van der Waals surface area contributed by atoms with Gasteiger partial charge in [0.05, 0.1) is 6.20 Å². The first-order valence-corrected chi connectivity index (χ1v) is 11.2. The maximum absolute atomic E-state index is 13.4. The Morgan fingerprint density at radius 1 is 1.30 bits per heavy atom. The number of hydrogen-bond donors (Lipinski definition) is 2. The molecule has 33 heavy (non-hydrogen) atoms. The number of unbranched alkanes of at least 4 members (excludes halogenated alkanes) is 2. The van der Waals surface area contributed by atoms with Gasteiger partial charge >= 0.3 is 11.8 Å². The number of benzene rings is 1. The number of halogens is 1. The zero-order valence-electron chi connectivity index (χ0n) is 18.9. The number of allylic oxidation sites excluding steroid dienone is 2. The second-order valence-corrected chi connectivity index (χ2v) is 8.33. The van der Waals surface area contributed by atoms with Crippen LogP contribution < -0.4 is 16.0 Å². The molecule has 1 aliphatic carbocycles. The SMILES string of the molecule is CCCCCc1cc(O)c(C2C=C(C)CCC2)c(OC(=O)OCn2cc(F)c(=O)[nH]c2=O)c1. The first-order valence-electron chi connectivity index (χ1n) is 11.2. The standard InChI is InChI=1S/C24H29FN2O6/c1-3-4-5-8-16-11-19(28)21(17-9-6-7-15(2)10-17)20(12-16)33-24(31)32-14-27-13-18(25)22(29)26-23(27)30/h10-13,17,28H,3-9,14H2,1-2H3,(H,26,29,30). The van der Waals surface area contributed by atoms with E-state index < -0.39 is 30.0 Å². The van der Waals surface area contributed by atoms with Crippen molar-refractivity contribution in [2.24, 2.45) is 0 Å². The van der Waals surface area contributed by atoms with Gasteiger partial charge in [0.1, 0.15) is 11.5 Å². The average Bonchev–Trinajstić information content (AvgIpc) is 2.75. The summed E-state index contributed by atoms with van der Waals surface area (Å²) in [6.45, 7) is 3.48. The number of nitrogens with one attached hydrogen (secondary N) is 1. The molecule has 178 valence electrons. The van der Waals surface area contributed by atoms with Gasteiger partial charge in [-0.15, -0.1) is 0 Å². The molecule has 0 fully saturated rings. The third kappa shape index (κ3) is 6.34. The molecular weight excluding hydrogens is 431 g/mol. The van der Waals surface area contributed by atoms with Crippen molar-refractivity contribution in [3.63, 3.8) is 0 Å². The van der Waals surface area contributed by atoms with E-state index >= 15 is 0 Å². The number of carbonyl (C=O) groups is 1. The van der Waals surface area contributed by atoms with Crippen molar-refractivity contribution >= 4 is 6.16 Å². The van der Waals surface area contributed by atoms with Crippen LogP contribution in [0, 0.1) is 5.82 Å². The van der Waals surface area contributed by atoms with Crippen molar-refractivity contribution in [3.05, 3.63) is 67.8 Å². The molecule has 0 aliphatic heterocycles. The zero-order chi connectivity index (χ0) is 24.0. The normalized spacial score (nSPS) is 15.7. The van der Waals surface area contributed by atoms with Crippen molar-refractivity contribution in [2.45, 2.75) is 71.4 Å². The number of hydrogen-bond acceptors (Lipinski definition) is 6. The molecule has 9 heteroatoms. The highest BCUT2D eigenvalue weighted by Gasteiger charge is 2.24. The average molecular weight is 461 g/mol. The van der Waals surface area contributed by atoms with Gasteiger partial charge in [-0.3, -0.25) is 14.3 Å². The number of aromatic hydroxyl groups is 1. The molecule has 0 saturated carbocycles. The van der Waals surface area contributed by atoms with Crippen LogP contribution >= 0.6 is 0 Å². The van der Waals surface area contributed by atoms with Gasteiger partial charge in [-0.2, -0.15) is 4.39 Å². The Hall–Kier alpha value is -3.36. The smallest absolute Gasteiger partial charge is 0.507 e. The summed E-state index contributed by atoms with van der Waals surface area (Å²) >= 11 is 0. The molecule has 1 unspecified atom stereocenters. The van der Waals surface area contributed by atoms with Gasteiger partial charge in [-0.05, 0) is 56.7 Å². The van der Waals surface area contributed by atoms with Gasteiger partial charge in [-0.25, -0.2) is 9.59 Å². The molecule has 2 N–H and O–H groups in total. The molecular formula is C24H29FN2O6. The number of nitrogens with zero attached hydrogens (tertiary/aromatic N) is 1. The quantitative estimate of drug-likeness (QED) is 0.260. The molecule has 1 heterocycles. The number of phenolic OH excluding ortho intramolecular Hbond substituents is 1. The maximum Gasteiger partial charge on any atom is 0.515 e. The number of rotatable bonds is 8. The van der Waals surface area contributed by atoms with Gasteiger partial charge in [0.15, 0.2) is 6.73 Å². The molecule has 0 saturated heterocycles. The number of aromatic amines is 1. The largest absolute Gasteiger partial charge is 0.515 e. The molecule has 1 aliphatic rings. The Balaban J connectivity index is 1.83. The summed E-state index contributed by atoms with van der Waals surface area (Å²) in [6.07, 6.45) is 8.08. The molecule has 0 amide bonds. The molecule has 1 atom stereocenters. The van der Waals surface area contributed by atoms with E-state index in [2.05, 4.69) is 13.0 Å². The molecule has 8 nitrogen and oxygen atoms in total. The van der Waals surface area contributed by atoms with Gasteiger partial charge in [-0.1, -0.05) is 31.4 Å². The number of ether oxygens (including phenoxy) is 2. The molecule has 3 rings (SSSR count). The van der Waals surface area contributed by atoms with Crippen LogP contribution in [-0.2, 0) is 17.9 Å². The van der Waals surface area contributed by atoms with Crippen molar-refractivity contribution in [1.29, 1.82) is 0 Å². The minimum absolute atomic E-state index is 0.0571. The van der Waals surface area contributed by atoms with E-state index in [1.54, 1.807) is 17.1 Å². The Morgan fingerprint density at radius 2 is 2.09 bits per heavy atom. The summed E-state index contributed by atoms with van der Waals surface area (Å²) < 4.78 is 24.5. The van der Waals surface area contributed by atoms with Crippen LogP contribution in [0.15, 0.2) is 39.6 Å². The Labute approximate surface area is 190 Å². The minimum Gasteiger partial charge on any atom is -0.507 e. The third-order valence-electron chi connectivity index (χ3n) is 5.67. The van der Waals surface area contributed by atoms with E-state index in [1.165, 1.54) is 5.57 Å². The summed E-state index contributed by atoms with van der Waals surface area (Å²) in [6, 6.07) is 3.44. The van der Waals surface area contributed by atoms with E-state index in [9.17, 15) is 23.9 Å². The Morgan fingerprint density at radius 3 is 2.82 bits per heavy atom. The van der Waals surface area contributed by atoms with Crippen LogP contribution in [-0.4, -0.2) is 20.8 Å². The lowest BCUT2D eigenvalue weighted by molar-refractivity contribution is 0.0690. The van der Waals surface area contributed by atoms with Crippen LogP contribution in [0.3, 0.4) is 0 Å². The van der Waals surface area contributed by atoms with Crippen LogP contribution in [0.25, 0.3) is 0 Å². The van der Waals surface area contributed by atoms with Crippen molar-refractivity contribution in [1.82, 2.24) is 9.55 Å². The summed E-state index contributed by atoms with van der Waals surface area (Å²) in [5, 5.41) is 10.8. The second-order valence-electron chi connectivity index (χ2n) is 8.33. The predicted octanol–water partition coefficient (Wildman–Crippen LogP) is 4.50. The van der Waals surface area contributed by atoms with E-state index in [0.717, 1.165) is 50.5 Å². The highest BCUT2D eigenvalue weighted by atomic mass is 19.1. The van der Waals surface area contributed by atoms with E-state index in [1.807, 2.05) is 6.92 Å². The van der Waals surface area contributed by atoms with Crippen LogP contribution in [0.1, 0.15) is 69.4 Å². The van der Waals surface area contributed by atoms with Crippen molar-refractivity contribution < 1.29 is 23.8 Å². The molecule has 1 aromatic heterocycles. The second kappa shape index (κ2) is 11.0. The Bertz CT molecular complexity index is 1150. The van der Waals surface area contributed by atoms with Crippen molar-refractivity contribution in [2.75, 3.05) is 0 Å². The topological polar surface area (TPSA) is 111 Å². The highest BCUT2D eigenvalue weighted by molar-refractivity contribution is 5.66. The van der Waals surface area contributed by atoms with Gasteiger partial charge in [0, 0.05) is 11.5 Å². The zero-order valence-corrected chi connectivity index (χ0v) is 18.9. The summed E-state index contributed by atoms with van der Waals surface area (Å²) in [5.74, 6) is -1.04. The fraction of sp³-hybridized carbons (Fsp3) is 0.458. The first-order chi connectivity index (χ1) is 15.8. The lowest BCUT2D eigenvalue weighted by Gasteiger charge is -2.23. The fourth-order valence-electron chi connectivity index (χ4n) is 4.01. The van der Waals surface area contributed by atoms with Gasteiger partial charge in [0.2, 0.25) is 5.82 Å². The summed E-state index contributed by atoms with van der Waals surface area (Å²) in [7, 11) is 0. The van der Waals surface area contributed by atoms with Crippen LogP contribution in [0.4, 0.5) is 9.18 Å². The fourth-order valence-corrected chi connectivity index (χ4v) is 4.01. The molecule has 2 aromatic rings. The van der Waals surface area contributed by atoms with Gasteiger partial charge < -0.3 is 14.6 Å². The number of carbonyl (C=O) groups excluding carboxylic acids is 1. The summed E-state index contributed by atoms with van der Waals surface area (Å²) in [5.41, 5.74) is 0.467. The molecule has 1 aromatic carbocycles. The minimum atomic E-state index is -1.18. The monoisotopic (exact) mass is 460 g/mol. The van der Waals surface area contributed by atoms with Crippen LogP contribution in [0.2, 0.25) is 0 Å². The number of H-pyrrole nitrogens is 1. The van der Waals surface area contributed by atoms with E-state index in [-0.39, 0.29) is 17.4 Å². The van der Waals surface area contributed by atoms with E-state index in [0.29, 0.717) is 16.3 Å². The number of phenols is 1. The lowest BCUT2D eigenvalue weighted by Crippen LogP contribution is -2.32. The van der Waals surface area contributed by atoms with E-state index in [4.69, 9.17) is 9.47 Å². The molecule has 0 bridgehead atoms. The lowest BCUT2D eigenvalue weighted by atomic mass is 9.84. The molecule has 0 spiro atoms. The Kier molecular flexibility index (Phi) is 8.08. The third-order valence-corrected chi connectivity index (χ3v) is 5.67. The van der Waals surface area contributed by atoms with Crippen LogP contribution in [0.5, 0.6) is 11.5 Å². The highest BCUT2D eigenvalue weighted by Crippen LogP contribution is 2.42.